The topological polar surface area (TPSA) is 86.8 Å². The zero-order valence-corrected chi connectivity index (χ0v) is 25.8. The first-order chi connectivity index (χ1) is 18.9. The Hall–Kier alpha value is -2.49. The van der Waals surface area contributed by atoms with Gasteiger partial charge in [0.1, 0.15) is 12.6 Å². The average molecular weight is 645 g/mol. The van der Waals surface area contributed by atoms with E-state index >= 15 is 0 Å². The Balaban J connectivity index is 2.09. The second-order valence-corrected chi connectivity index (χ2v) is 12.8. The first-order valence-electron chi connectivity index (χ1n) is 12.4. The van der Waals surface area contributed by atoms with Gasteiger partial charge in [-0.2, -0.15) is 0 Å². The Morgan fingerprint density at radius 1 is 0.900 bits per heavy atom. The van der Waals surface area contributed by atoms with Crippen molar-refractivity contribution in [1.29, 1.82) is 0 Å². The van der Waals surface area contributed by atoms with Crippen molar-refractivity contribution in [3.05, 3.63) is 97.9 Å². The van der Waals surface area contributed by atoms with Gasteiger partial charge in [-0.25, -0.2) is 8.42 Å². The van der Waals surface area contributed by atoms with E-state index in [1.807, 2.05) is 37.3 Å². The van der Waals surface area contributed by atoms with Crippen LogP contribution in [0.5, 0.6) is 0 Å². The Kier molecular flexibility index (Phi) is 11.5. The molecule has 0 radical (unpaired) electrons. The lowest BCUT2D eigenvalue weighted by Gasteiger charge is -2.33. The van der Waals surface area contributed by atoms with Crippen LogP contribution in [0.1, 0.15) is 24.5 Å². The molecule has 3 aromatic rings. The number of anilines is 1. The summed E-state index contributed by atoms with van der Waals surface area (Å²) in [5, 5.41) is 4.00. The number of sulfonamides is 1. The largest absolute Gasteiger partial charge is 0.354 e. The molecule has 0 spiro atoms. The van der Waals surface area contributed by atoms with Crippen LogP contribution in [0.3, 0.4) is 0 Å². The van der Waals surface area contributed by atoms with Crippen LogP contribution in [0.2, 0.25) is 20.1 Å². The van der Waals surface area contributed by atoms with Crippen molar-refractivity contribution in [2.45, 2.75) is 32.4 Å². The summed E-state index contributed by atoms with van der Waals surface area (Å²) >= 11 is 24.8. The number of amides is 2. The molecule has 3 aromatic carbocycles. The Labute approximate surface area is 255 Å². The highest BCUT2D eigenvalue weighted by Crippen LogP contribution is 2.28. The molecule has 214 valence electrons. The maximum absolute atomic E-state index is 14.0. The molecule has 0 saturated carbocycles. The van der Waals surface area contributed by atoms with Crippen molar-refractivity contribution in [3.63, 3.8) is 0 Å². The molecule has 7 nitrogen and oxygen atoms in total. The second kappa shape index (κ2) is 14.4. The number of benzene rings is 3. The van der Waals surface area contributed by atoms with Crippen LogP contribution in [0, 0.1) is 0 Å². The molecule has 1 atom stereocenters. The molecule has 0 saturated heterocycles. The van der Waals surface area contributed by atoms with Crippen molar-refractivity contribution < 1.29 is 18.0 Å². The molecule has 0 bridgehead atoms. The third-order valence-electron chi connectivity index (χ3n) is 5.99. The van der Waals surface area contributed by atoms with E-state index in [1.54, 1.807) is 18.2 Å². The fourth-order valence-electron chi connectivity index (χ4n) is 4.05. The number of halogens is 4. The van der Waals surface area contributed by atoms with E-state index in [1.165, 1.54) is 23.1 Å². The van der Waals surface area contributed by atoms with E-state index in [4.69, 9.17) is 46.4 Å². The van der Waals surface area contributed by atoms with E-state index in [9.17, 15) is 18.0 Å². The molecule has 1 unspecified atom stereocenters. The summed E-state index contributed by atoms with van der Waals surface area (Å²) in [6, 6.07) is 17.4. The van der Waals surface area contributed by atoms with E-state index in [-0.39, 0.29) is 34.6 Å². The first kappa shape index (κ1) is 32.0. The molecule has 40 heavy (non-hydrogen) atoms. The Bertz CT molecular complexity index is 1430. The van der Waals surface area contributed by atoms with Crippen molar-refractivity contribution in [1.82, 2.24) is 10.2 Å². The number of rotatable bonds is 12. The van der Waals surface area contributed by atoms with E-state index in [0.29, 0.717) is 28.6 Å². The second-order valence-electron chi connectivity index (χ2n) is 9.15. The molecule has 0 fully saturated rings. The minimum atomic E-state index is -3.96. The molecule has 0 aliphatic rings. The third kappa shape index (κ3) is 9.01. The normalized spacial score (nSPS) is 12.1. The van der Waals surface area contributed by atoms with E-state index in [2.05, 4.69) is 5.32 Å². The predicted octanol–water partition coefficient (Wildman–Crippen LogP) is 6.23. The van der Waals surface area contributed by atoms with Crippen LogP contribution < -0.4 is 9.62 Å². The number of nitrogens with zero attached hydrogens (tertiary/aromatic N) is 2. The van der Waals surface area contributed by atoms with Gasteiger partial charge in [0.2, 0.25) is 21.8 Å². The zero-order valence-electron chi connectivity index (χ0n) is 21.9. The summed E-state index contributed by atoms with van der Waals surface area (Å²) in [5.74, 6) is -0.999. The summed E-state index contributed by atoms with van der Waals surface area (Å²) in [6.45, 7) is 1.65. The van der Waals surface area contributed by atoms with Crippen molar-refractivity contribution >= 4 is 73.9 Å². The molecule has 0 heterocycles. The summed E-state index contributed by atoms with van der Waals surface area (Å²) in [5.41, 5.74) is 1.48. The van der Waals surface area contributed by atoms with Crippen LogP contribution >= 0.6 is 46.4 Å². The first-order valence-corrected chi connectivity index (χ1v) is 15.7. The Morgan fingerprint density at radius 2 is 1.55 bits per heavy atom. The number of hydrogen-bond acceptors (Lipinski definition) is 4. The number of hydrogen-bond donors (Lipinski definition) is 1. The lowest BCUT2D eigenvalue weighted by Crippen LogP contribution is -2.53. The smallest absolute Gasteiger partial charge is 0.244 e. The van der Waals surface area contributed by atoms with Crippen LogP contribution in [-0.2, 0) is 32.6 Å². The van der Waals surface area contributed by atoms with Gasteiger partial charge >= 0.3 is 0 Å². The minimum absolute atomic E-state index is 0.0697. The van der Waals surface area contributed by atoms with Crippen molar-refractivity contribution in [2.75, 3.05) is 23.7 Å². The standard InChI is InChI=1S/C28H29Cl4N3O4S/c1-3-11-33-28(37)26(12-19-7-5-4-6-8-19)34(17-20-9-10-21(29)16-25(20)32)27(36)18-35(40(2,38)39)24-14-22(30)13-23(31)15-24/h4-10,13-16,26H,3,11-12,17-18H2,1-2H3,(H,33,37). The average Bonchev–Trinajstić information content (AvgIpc) is 2.88. The van der Waals surface area contributed by atoms with Crippen molar-refractivity contribution in [3.8, 4) is 0 Å². The van der Waals surface area contributed by atoms with Gasteiger partial charge in [-0.05, 0) is 47.9 Å². The third-order valence-corrected chi connectivity index (χ3v) is 8.15. The maximum atomic E-state index is 14.0. The number of carbonyl (C=O) groups is 2. The number of carbonyl (C=O) groups excluding carboxylic acids is 2. The van der Waals surface area contributed by atoms with Gasteiger partial charge < -0.3 is 10.2 Å². The minimum Gasteiger partial charge on any atom is -0.354 e. The van der Waals surface area contributed by atoms with E-state index in [0.717, 1.165) is 16.1 Å². The van der Waals surface area contributed by atoms with Gasteiger partial charge in [0.15, 0.2) is 0 Å². The van der Waals surface area contributed by atoms with Crippen LogP contribution in [-0.4, -0.2) is 50.5 Å². The van der Waals surface area contributed by atoms with Crippen molar-refractivity contribution in [2.24, 2.45) is 0 Å². The van der Waals surface area contributed by atoms with Gasteiger partial charge in [0, 0.05) is 39.6 Å². The molecular weight excluding hydrogens is 616 g/mol. The summed E-state index contributed by atoms with van der Waals surface area (Å²) < 4.78 is 26.6. The predicted molar refractivity (Wildman–Crippen MR) is 163 cm³/mol. The van der Waals surface area contributed by atoms with E-state index < -0.39 is 28.5 Å². The molecule has 12 heteroatoms. The Morgan fingerprint density at radius 3 is 2.12 bits per heavy atom. The molecule has 1 N–H and O–H groups in total. The summed E-state index contributed by atoms with van der Waals surface area (Å²) in [4.78, 5) is 28.9. The summed E-state index contributed by atoms with van der Waals surface area (Å²) in [7, 11) is -3.96. The lowest BCUT2D eigenvalue weighted by molar-refractivity contribution is -0.140. The quantitative estimate of drug-likeness (QED) is 0.253. The lowest BCUT2D eigenvalue weighted by atomic mass is 10.0. The highest BCUT2D eigenvalue weighted by atomic mass is 35.5. The van der Waals surface area contributed by atoms with Gasteiger partial charge in [-0.1, -0.05) is 89.7 Å². The highest BCUT2D eigenvalue weighted by molar-refractivity contribution is 7.92. The van der Waals surface area contributed by atoms with Gasteiger partial charge in [-0.15, -0.1) is 0 Å². The molecular formula is C28H29Cl4N3O4S. The van der Waals surface area contributed by atoms with Crippen LogP contribution in [0.4, 0.5) is 5.69 Å². The fraction of sp³-hybridized carbons (Fsp3) is 0.286. The molecule has 3 rings (SSSR count). The SMILES string of the molecule is CCCNC(=O)C(Cc1ccccc1)N(Cc1ccc(Cl)cc1Cl)C(=O)CN(c1cc(Cl)cc(Cl)c1)S(C)(=O)=O. The van der Waals surface area contributed by atoms with Gasteiger partial charge in [0.05, 0.1) is 11.9 Å². The van der Waals surface area contributed by atoms with Gasteiger partial charge in [0.25, 0.3) is 0 Å². The number of nitrogens with one attached hydrogen (secondary N) is 1. The highest BCUT2D eigenvalue weighted by Gasteiger charge is 2.33. The molecule has 2 amide bonds. The monoisotopic (exact) mass is 643 g/mol. The summed E-state index contributed by atoms with van der Waals surface area (Å²) in [6.07, 6.45) is 1.86. The molecule has 0 aromatic heterocycles. The van der Waals surface area contributed by atoms with Crippen LogP contribution in [0.25, 0.3) is 0 Å². The van der Waals surface area contributed by atoms with Gasteiger partial charge in [-0.3, -0.25) is 13.9 Å². The molecule has 0 aliphatic carbocycles. The molecule has 0 aliphatic heterocycles. The zero-order chi connectivity index (χ0) is 29.4. The van der Waals surface area contributed by atoms with Crippen LogP contribution in [0.15, 0.2) is 66.7 Å². The maximum Gasteiger partial charge on any atom is 0.244 e. The fourth-order valence-corrected chi connectivity index (χ4v) is 5.87.